The Morgan fingerprint density at radius 2 is 1.96 bits per heavy atom. The highest BCUT2D eigenvalue weighted by Crippen LogP contribution is 2.17. The van der Waals surface area contributed by atoms with Gasteiger partial charge < -0.3 is 14.6 Å². The first-order valence-electron chi connectivity index (χ1n) is 8.46. The van der Waals surface area contributed by atoms with Crippen LogP contribution in [0.2, 0.25) is 0 Å². The van der Waals surface area contributed by atoms with E-state index < -0.39 is 10.0 Å². The maximum Gasteiger partial charge on any atom is 0.251 e. The van der Waals surface area contributed by atoms with Gasteiger partial charge in [-0.05, 0) is 36.5 Å². The quantitative estimate of drug-likeness (QED) is 0.669. The molecule has 0 bridgehead atoms. The van der Waals surface area contributed by atoms with E-state index in [0.717, 1.165) is 5.82 Å². The lowest BCUT2D eigenvalue weighted by Crippen LogP contribution is -2.40. The molecule has 3 rings (SSSR count). The average Bonchev–Trinajstić information content (AvgIpc) is 3.01. The molecular weight excluding hydrogens is 390 g/mol. The molecule has 2 heterocycles. The number of nitrogens with one attached hydrogen (secondary N) is 2. The minimum atomic E-state index is -3.56. The Labute approximate surface area is 162 Å². The summed E-state index contributed by atoms with van der Waals surface area (Å²) < 4.78 is 34.0. The highest BCUT2D eigenvalue weighted by molar-refractivity contribution is 7.89. The number of aromatic nitrogens is 3. The summed E-state index contributed by atoms with van der Waals surface area (Å²) in [4.78, 5) is 12.4. The summed E-state index contributed by atoms with van der Waals surface area (Å²) in [5.74, 6) is 0.467. The van der Waals surface area contributed by atoms with Crippen LogP contribution in [0.15, 0.2) is 29.2 Å². The lowest BCUT2D eigenvalue weighted by molar-refractivity contribution is 0.0730. The Kier molecular flexibility index (Phi) is 6.05. The summed E-state index contributed by atoms with van der Waals surface area (Å²) in [5.41, 5.74) is 0.395. The van der Waals surface area contributed by atoms with Crippen LogP contribution in [0.1, 0.15) is 16.2 Å². The zero-order valence-corrected chi connectivity index (χ0v) is 16.5. The van der Waals surface area contributed by atoms with Crippen molar-refractivity contribution in [3.63, 3.8) is 0 Å². The van der Waals surface area contributed by atoms with Crippen LogP contribution in [0.4, 0.5) is 0 Å². The first-order valence-corrected chi connectivity index (χ1v) is 10.3. The number of nitrogens with zero attached hydrogens (tertiary/aromatic N) is 3. The van der Waals surface area contributed by atoms with Crippen molar-refractivity contribution in [2.75, 3.05) is 32.8 Å². The topological polar surface area (TPSA) is 109 Å². The predicted molar refractivity (Wildman–Crippen MR) is 100 cm³/mol. The van der Waals surface area contributed by atoms with Crippen molar-refractivity contribution in [1.29, 1.82) is 0 Å². The van der Waals surface area contributed by atoms with E-state index in [-0.39, 0.29) is 10.8 Å². The average molecular weight is 412 g/mol. The molecule has 1 aliphatic rings. The fourth-order valence-electron chi connectivity index (χ4n) is 2.71. The van der Waals surface area contributed by atoms with Gasteiger partial charge in [0.2, 0.25) is 10.0 Å². The van der Waals surface area contributed by atoms with Gasteiger partial charge in [0.1, 0.15) is 5.82 Å². The Hall–Kier alpha value is -2.08. The van der Waals surface area contributed by atoms with Crippen molar-refractivity contribution in [2.24, 2.45) is 7.05 Å². The van der Waals surface area contributed by atoms with E-state index in [9.17, 15) is 13.2 Å². The van der Waals surface area contributed by atoms with Crippen molar-refractivity contribution in [2.45, 2.75) is 11.3 Å². The molecule has 1 aromatic heterocycles. The largest absolute Gasteiger partial charge is 0.379 e. The number of amides is 1. The molecule has 11 heteroatoms. The second-order valence-electron chi connectivity index (χ2n) is 6.05. The van der Waals surface area contributed by atoms with Crippen LogP contribution in [0.5, 0.6) is 0 Å². The Morgan fingerprint density at radius 1 is 1.30 bits per heavy atom. The molecule has 27 heavy (non-hydrogen) atoms. The van der Waals surface area contributed by atoms with Gasteiger partial charge in [-0.25, -0.2) is 8.42 Å². The van der Waals surface area contributed by atoms with Crippen molar-refractivity contribution >= 4 is 28.1 Å². The van der Waals surface area contributed by atoms with Gasteiger partial charge in [-0.3, -0.25) is 9.89 Å². The summed E-state index contributed by atoms with van der Waals surface area (Å²) in [6.07, 6.45) is 0.527. The van der Waals surface area contributed by atoms with Gasteiger partial charge in [0.15, 0.2) is 4.77 Å². The van der Waals surface area contributed by atoms with E-state index >= 15 is 0 Å². The summed E-state index contributed by atoms with van der Waals surface area (Å²) in [6.45, 7) is 1.84. The molecule has 2 aromatic rings. The molecule has 9 nitrogen and oxygen atoms in total. The first kappa shape index (κ1) is 19.7. The molecule has 1 aromatic carbocycles. The number of ether oxygens (including phenoxy) is 1. The standard InChI is InChI=1S/C16H21N5O4S2/c1-20-14(18-19-16(20)26)6-7-17-15(22)12-2-4-13(5-3-12)27(23,24)21-8-10-25-11-9-21/h2-5H,6-11H2,1H3,(H,17,22)(H,19,26). The normalized spacial score (nSPS) is 15.6. The van der Waals surface area contributed by atoms with Gasteiger partial charge in [0, 0.05) is 38.7 Å². The third-order valence-corrected chi connectivity index (χ3v) is 6.61. The zero-order chi connectivity index (χ0) is 19.4. The minimum absolute atomic E-state index is 0.169. The number of rotatable bonds is 6. The van der Waals surface area contributed by atoms with Gasteiger partial charge in [-0.1, -0.05) is 0 Å². The number of sulfonamides is 1. The summed E-state index contributed by atoms with van der Waals surface area (Å²) in [5, 5.41) is 9.56. The summed E-state index contributed by atoms with van der Waals surface area (Å²) in [7, 11) is -1.76. The number of benzene rings is 1. The lowest BCUT2D eigenvalue weighted by Gasteiger charge is -2.26. The number of aromatic amines is 1. The van der Waals surface area contributed by atoms with Gasteiger partial charge in [0.05, 0.1) is 18.1 Å². The number of carbonyl (C=O) groups excluding carboxylic acids is 1. The number of morpholine rings is 1. The molecular formula is C16H21N5O4S2. The van der Waals surface area contributed by atoms with Crippen molar-refractivity contribution in [1.82, 2.24) is 24.4 Å². The molecule has 0 radical (unpaired) electrons. The van der Waals surface area contributed by atoms with Crippen LogP contribution in [0.3, 0.4) is 0 Å². The SMILES string of the molecule is Cn1c(CCNC(=O)c2ccc(S(=O)(=O)N3CCOCC3)cc2)n[nH]c1=S. The number of hydrogen-bond acceptors (Lipinski definition) is 6. The molecule has 0 atom stereocenters. The van der Waals surface area contributed by atoms with Crippen LogP contribution >= 0.6 is 12.2 Å². The van der Waals surface area contributed by atoms with Gasteiger partial charge in [-0.15, -0.1) is 0 Å². The number of carbonyl (C=O) groups is 1. The Bertz CT molecular complexity index is 959. The van der Waals surface area contributed by atoms with Gasteiger partial charge >= 0.3 is 0 Å². The molecule has 1 aliphatic heterocycles. The molecule has 0 spiro atoms. The van der Waals surface area contributed by atoms with Gasteiger partial charge in [-0.2, -0.15) is 9.40 Å². The maximum atomic E-state index is 12.6. The van der Waals surface area contributed by atoms with E-state index in [1.54, 1.807) is 11.6 Å². The molecule has 0 saturated carbocycles. The Morgan fingerprint density at radius 3 is 2.56 bits per heavy atom. The van der Waals surface area contributed by atoms with Crippen LogP contribution in [-0.2, 0) is 28.2 Å². The molecule has 1 amide bonds. The van der Waals surface area contributed by atoms with Crippen LogP contribution in [0.25, 0.3) is 0 Å². The molecule has 0 unspecified atom stereocenters. The van der Waals surface area contributed by atoms with Crippen molar-refractivity contribution in [3.05, 3.63) is 40.4 Å². The monoisotopic (exact) mass is 411 g/mol. The van der Waals surface area contributed by atoms with Gasteiger partial charge in [0.25, 0.3) is 5.91 Å². The third-order valence-electron chi connectivity index (χ3n) is 4.33. The van der Waals surface area contributed by atoms with Crippen molar-refractivity contribution < 1.29 is 17.9 Å². The zero-order valence-electron chi connectivity index (χ0n) is 14.8. The lowest BCUT2D eigenvalue weighted by atomic mass is 10.2. The van der Waals surface area contributed by atoms with E-state index in [2.05, 4.69) is 15.5 Å². The highest BCUT2D eigenvalue weighted by Gasteiger charge is 2.26. The molecule has 0 aliphatic carbocycles. The van der Waals surface area contributed by atoms with Crippen LogP contribution in [-0.4, -0.2) is 66.2 Å². The van der Waals surface area contributed by atoms with E-state index in [0.29, 0.717) is 49.6 Å². The minimum Gasteiger partial charge on any atom is -0.379 e. The van der Waals surface area contributed by atoms with Crippen molar-refractivity contribution in [3.8, 4) is 0 Å². The predicted octanol–water partition coefficient (Wildman–Crippen LogP) is 0.471. The number of hydrogen-bond donors (Lipinski definition) is 2. The second-order valence-corrected chi connectivity index (χ2v) is 8.38. The molecule has 2 N–H and O–H groups in total. The molecule has 1 fully saturated rings. The van der Waals surface area contributed by atoms with Crippen LogP contribution < -0.4 is 5.32 Å². The second kappa shape index (κ2) is 8.30. The summed E-state index contributed by atoms with van der Waals surface area (Å²) >= 11 is 5.04. The highest BCUT2D eigenvalue weighted by atomic mass is 32.2. The Balaban J connectivity index is 1.60. The first-order chi connectivity index (χ1) is 12.9. The fraction of sp³-hybridized carbons (Fsp3) is 0.438. The van der Waals surface area contributed by atoms with Crippen LogP contribution in [0, 0.1) is 4.77 Å². The van der Waals surface area contributed by atoms with E-state index in [1.165, 1.54) is 28.6 Å². The summed E-state index contributed by atoms with van der Waals surface area (Å²) in [6, 6.07) is 5.94. The smallest absolute Gasteiger partial charge is 0.251 e. The number of H-pyrrole nitrogens is 1. The molecule has 1 saturated heterocycles. The fourth-order valence-corrected chi connectivity index (χ4v) is 4.27. The maximum absolute atomic E-state index is 12.6. The van der Waals surface area contributed by atoms with E-state index in [4.69, 9.17) is 17.0 Å². The molecule has 146 valence electrons. The third kappa shape index (κ3) is 4.43. The van der Waals surface area contributed by atoms with E-state index in [1.807, 2.05) is 0 Å².